The first-order chi connectivity index (χ1) is 14.5. The summed E-state index contributed by atoms with van der Waals surface area (Å²) in [7, 11) is 1.88. The van der Waals surface area contributed by atoms with Gasteiger partial charge in [-0.15, -0.1) is 0 Å². The zero-order chi connectivity index (χ0) is 21.3. The third-order valence-electron chi connectivity index (χ3n) is 5.51. The minimum atomic E-state index is -0.759. The van der Waals surface area contributed by atoms with E-state index in [4.69, 9.17) is 5.26 Å². The van der Waals surface area contributed by atoms with E-state index in [9.17, 15) is 14.4 Å². The smallest absolute Gasteiger partial charge is 0.314 e. The van der Waals surface area contributed by atoms with Gasteiger partial charge >= 0.3 is 11.8 Å². The summed E-state index contributed by atoms with van der Waals surface area (Å²) in [6, 6.07) is 1.95. The number of hydrogen-bond donors (Lipinski definition) is 3. The fourth-order valence-electron chi connectivity index (χ4n) is 3.99. The van der Waals surface area contributed by atoms with Crippen LogP contribution in [0.15, 0.2) is 12.3 Å². The van der Waals surface area contributed by atoms with Gasteiger partial charge in [-0.25, -0.2) is 0 Å². The van der Waals surface area contributed by atoms with E-state index in [0.29, 0.717) is 40.3 Å². The van der Waals surface area contributed by atoms with Gasteiger partial charge in [-0.3, -0.25) is 19.1 Å². The Kier molecular flexibility index (Phi) is 5.55. The van der Waals surface area contributed by atoms with Gasteiger partial charge in [-0.05, 0) is 30.9 Å². The fraction of sp³-hybridized carbons (Fsp3) is 0.421. The zero-order valence-corrected chi connectivity index (χ0v) is 17.4. The topological polar surface area (TPSA) is 132 Å². The molecule has 30 heavy (non-hydrogen) atoms. The molecule has 156 valence electrons. The Morgan fingerprint density at radius 2 is 2.10 bits per heavy atom. The van der Waals surface area contributed by atoms with Crippen LogP contribution in [0.2, 0.25) is 0 Å². The maximum atomic E-state index is 12.1. The Morgan fingerprint density at radius 3 is 2.80 bits per heavy atom. The van der Waals surface area contributed by atoms with Gasteiger partial charge in [-0.1, -0.05) is 8.58 Å². The average molecular weight is 427 g/mol. The molecule has 1 fully saturated rings. The number of nitrogens with one attached hydrogen (secondary N) is 3. The highest BCUT2D eigenvalue weighted by molar-refractivity contribution is 7.49. The maximum Gasteiger partial charge on any atom is 0.314 e. The largest absolute Gasteiger partial charge is 0.380 e. The van der Waals surface area contributed by atoms with Crippen molar-refractivity contribution in [3.05, 3.63) is 22.8 Å². The van der Waals surface area contributed by atoms with E-state index in [1.807, 2.05) is 23.0 Å². The Morgan fingerprint density at radius 1 is 1.33 bits per heavy atom. The Labute approximate surface area is 174 Å². The highest BCUT2D eigenvalue weighted by Gasteiger charge is 2.29. The van der Waals surface area contributed by atoms with Crippen LogP contribution in [0.1, 0.15) is 25.3 Å². The number of aromatic nitrogens is 2. The lowest BCUT2D eigenvalue weighted by molar-refractivity contribution is -0.135. The van der Waals surface area contributed by atoms with Gasteiger partial charge in [0.1, 0.15) is 6.42 Å². The number of fused-ring (bicyclic) bond motifs is 2. The molecule has 3 aliphatic rings. The second kappa shape index (κ2) is 8.28. The zero-order valence-electron chi connectivity index (χ0n) is 16.4. The van der Waals surface area contributed by atoms with Crippen molar-refractivity contribution in [3.8, 4) is 6.07 Å². The molecule has 3 amide bonds. The van der Waals surface area contributed by atoms with Gasteiger partial charge in [0.25, 0.3) is 0 Å². The van der Waals surface area contributed by atoms with Gasteiger partial charge in [0.05, 0.1) is 23.2 Å². The lowest BCUT2D eigenvalue weighted by Crippen LogP contribution is -2.44. The van der Waals surface area contributed by atoms with Gasteiger partial charge in [0, 0.05) is 30.9 Å². The lowest BCUT2D eigenvalue weighted by Gasteiger charge is -2.32. The third kappa shape index (κ3) is 3.57. The van der Waals surface area contributed by atoms with Crippen molar-refractivity contribution < 1.29 is 14.4 Å². The molecule has 0 bridgehead atoms. The predicted molar refractivity (Wildman–Crippen MR) is 112 cm³/mol. The average Bonchev–Trinajstić information content (AvgIpc) is 3.38. The van der Waals surface area contributed by atoms with Crippen LogP contribution in [0.4, 0.5) is 5.82 Å². The van der Waals surface area contributed by atoms with Crippen molar-refractivity contribution in [2.45, 2.75) is 31.1 Å². The van der Waals surface area contributed by atoms with Crippen molar-refractivity contribution in [3.63, 3.8) is 0 Å². The van der Waals surface area contributed by atoms with Gasteiger partial charge in [-0.2, -0.15) is 10.4 Å². The van der Waals surface area contributed by atoms with Crippen molar-refractivity contribution in [1.29, 1.82) is 5.26 Å². The minimum Gasteiger partial charge on any atom is -0.380 e. The number of anilines is 1. The molecular formula is C19H22N7O3P. The number of amides is 3. The second-order valence-corrected chi connectivity index (χ2v) is 8.43. The number of nitriles is 1. The number of nitrogens with zero attached hydrogens (tertiary/aromatic N) is 4. The SMILES string of the molecule is CNC(=O)C(=O)Nc1nn(C2CCN(C(=O)CC#N)CC2)c2c1=CPC1NC=CC=21. The van der Waals surface area contributed by atoms with Crippen LogP contribution < -0.4 is 26.5 Å². The first-order valence-corrected chi connectivity index (χ1v) is 10.9. The standard InChI is InChI=1S/C19H22N7O3P/c1-21-17(28)18(29)23-16-13-10-30-19-12(3-7-22-19)15(13)26(24-16)11-4-8-25(9-5-11)14(27)2-6-20/h3,7,10-11,19,22,30H,2,4-5,8-9H2,1H3,(H,21,28)(H,23,24,29). The van der Waals surface area contributed by atoms with Crippen LogP contribution >= 0.6 is 8.58 Å². The molecule has 0 saturated carbocycles. The molecule has 3 aliphatic heterocycles. The van der Waals surface area contributed by atoms with E-state index in [1.54, 1.807) is 4.90 Å². The first-order valence-electron chi connectivity index (χ1n) is 9.73. The van der Waals surface area contributed by atoms with Crippen LogP contribution in [-0.2, 0) is 14.4 Å². The van der Waals surface area contributed by atoms with E-state index in [-0.39, 0.29) is 24.2 Å². The number of rotatable bonds is 3. The summed E-state index contributed by atoms with van der Waals surface area (Å²) in [5.41, 5.74) is 1.11. The van der Waals surface area contributed by atoms with Crippen LogP contribution in [0, 0.1) is 11.3 Å². The summed E-state index contributed by atoms with van der Waals surface area (Å²) in [5.74, 6) is 0.981. The van der Waals surface area contributed by atoms with Crippen LogP contribution in [0.3, 0.4) is 0 Å². The second-order valence-electron chi connectivity index (χ2n) is 7.23. The molecule has 10 nitrogen and oxygen atoms in total. The summed E-state index contributed by atoms with van der Waals surface area (Å²) in [4.78, 5) is 37.5. The third-order valence-corrected chi connectivity index (χ3v) is 6.78. The summed E-state index contributed by atoms with van der Waals surface area (Å²) >= 11 is 0. The van der Waals surface area contributed by atoms with E-state index < -0.39 is 11.8 Å². The molecule has 2 atom stereocenters. The van der Waals surface area contributed by atoms with E-state index >= 15 is 0 Å². The molecular weight excluding hydrogens is 405 g/mol. The Bertz CT molecular complexity index is 1090. The predicted octanol–water partition coefficient (Wildman–Crippen LogP) is -1.33. The quantitative estimate of drug-likeness (QED) is 0.405. The van der Waals surface area contributed by atoms with Crippen LogP contribution in [-0.4, -0.2) is 58.3 Å². The lowest BCUT2D eigenvalue weighted by atomic mass is 10.0. The number of carbonyl (C=O) groups is 3. The molecule has 0 radical (unpaired) electrons. The van der Waals surface area contributed by atoms with Gasteiger partial charge in [0.2, 0.25) is 5.91 Å². The number of likely N-dealkylation sites (tertiary alicyclic amines) is 1. The molecule has 11 heteroatoms. The molecule has 0 aromatic carbocycles. The molecule has 1 aromatic heterocycles. The molecule has 1 aromatic rings. The van der Waals surface area contributed by atoms with Crippen molar-refractivity contribution >= 4 is 43.5 Å². The Balaban J connectivity index is 1.68. The minimum absolute atomic E-state index is 0.0486. The molecule has 4 rings (SSSR count). The fourth-order valence-corrected chi connectivity index (χ4v) is 5.20. The summed E-state index contributed by atoms with van der Waals surface area (Å²) in [6.45, 7) is 1.11. The van der Waals surface area contributed by atoms with E-state index in [1.165, 1.54) is 7.05 Å². The molecule has 3 N–H and O–H groups in total. The Hall–Kier alpha value is -3.18. The number of carbonyl (C=O) groups excluding carboxylic acids is 3. The number of likely N-dealkylation sites (N-methyl/N-ethyl adjacent to an activating group) is 1. The molecule has 0 aliphatic carbocycles. The molecule has 2 unspecified atom stereocenters. The van der Waals surface area contributed by atoms with Crippen molar-refractivity contribution in [1.82, 2.24) is 25.3 Å². The van der Waals surface area contributed by atoms with Gasteiger partial charge < -0.3 is 20.9 Å². The van der Waals surface area contributed by atoms with Crippen molar-refractivity contribution in [2.24, 2.45) is 0 Å². The van der Waals surface area contributed by atoms with Crippen LogP contribution in [0.5, 0.6) is 0 Å². The molecule has 1 saturated heterocycles. The van der Waals surface area contributed by atoms with E-state index in [0.717, 1.165) is 16.1 Å². The number of hydrogen-bond acceptors (Lipinski definition) is 6. The maximum absolute atomic E-state index is 12.1. The first kappa shape index (κ1) is 20.1. The monoisotopic (exact) mass is 427 g/mol. The summed E-state index contributed by atoms with van der Waals surface area (Å²) < 4.78 is 1.93. The summed E-state index contributed by atoms with van der Waals surface area (Å²) in [5, 5.41) is 23.5. The normalized spacial score (nSPS) is 20.6. The highest BCUT2D eigenvalue weighted by Crippen LogP contribution is 2.32. The number of piperidine rings is 1. The highest BCUT2D eigenvalue weighted by atomic mass is 31.1. The summed E-state index contributed by atoms with van der Waals surface area (Å²) in [6.07, 6.45) is 5.23. The molecule has 0 spiro atoms. The van der Waals surface area contributed by atoms with E-state index in [2.05, 4.69) is 26.9 Å². The van der Waals surface area contributed by atoms with Crippen molar-refractivity contribution in [2.75, 3.05) is 25.5 Å². The van der Waals surface area contributed by atoms with Gasteiger partial charge in [0.15, 0.2) is 5.82 Å². The molecule has 4 heterocycles. The van der Waals surface area contributed by atoms with Crippen LogP contribution in [0.25, 0.3) is 11.4 Å².